The van der Waals surface area contributed by atoms with Crippen LogP contribution in [0.3, 0.4) is 0 Å². The van der Waals surface area contributed by atoms with Crippen molar-refractivity contribution in [2.75, 3.05) is 0 Å². The predicted octanol–water partition coefficient (Wildman–Crippen LogP) is 38.3. The minimum absolute atomic E-state index is 0.0986. The quantitative estimate of drug-likeness (QED) is 0.148. The smallest absolute Gasteiger partial charge is 0.160 e. The molecule has 0 fully saturated rings. The highest BCUT2D eigenvalue weighted by Crippen LogP contribution is 2.53. The molecular formula is C143H90N6. The van der Waals surface area contributed by atoms with Crippen molar-refractivity contribution in [1.82, 2.24) is 29.9 Å². The van der Waals surface area contributed by atoms with E-state index in [2.05, 4.69) is 517 Å². The van der Waals surface area contributed by atoms with E-state index < -0.39 is 0 Å². The minimum atomic E-state index is -0.0986. The van der Waals surface area contributed by atoms with Crippen molar-refractivity contribution in [3.8, 4) is 113 Å². The number of benzene rings is 26. The van der Waals surface area contributed by atoms with Crippen molar-refractivity contribution >= 4 is 183 Å². The maximum atomic E-state index is 5.28. The van der Waals surface area contributed by atoms with Crippen LogP contribution in [-0.4, -0.2) is 29.9 Å². The molecule has 0 aliphatic heterocycles. The van der Waals surface area contributed by atoms with E-state index in [1.54, 1.807) is 0 Å². The lowest BCUT2D eigenvalue weighted by Gasteiger charge is -2.34. The van der Waals surface area contributed by atoms with Gasteiger partial charge in [0.05, 0.1) is 45.2 Å². The Morgan fingerprint density at radius 2 is 0.510 bits per heavy atom. The molecule has 4 aromatic heterocycles. The summed E-state index contributed by atoms with van der Waals surface area (Å²) in [5.41, 5.74) is 24.3. The number of fused-ring (bicyclic) bond motifs is 28. The molecule has 26 aromatic carbocycles. The molecule has 4 heterocycles. The summed E-state index contributed by atoms with van der Waals surface area (Å²) >= 11 is 0. The van der Waals surface area contributed by atoms with Gasteiger partial charge in [-0.15, -0.1) is 0 Å². The average Bonchev–Trinajstić information content (AvgIpc) is 1.55. The Morgan fingerprint density at radius 1 is 0.148 bits per heavy atom. The Labute approximate surface area is 859 Å². The van der Waals surface area contributed by atoms with Crippen LogP contribution >= 0.6 is 0 Å². The molecule has 30 aromatic rings. The van der Waals surface area contributed by atoms with E-state index in [9.17, 15) is 0 Å². The van der Waals surface area contributed by atoms with Gasteiger partial charge in [-0.25, -0.2) is 29.9 Å². The monoisotopic (exact) mass is 1890 g/mol. The number of aromatic nitrogens is 6. The van der Waals surface area contributed by atoms with Gasteiger partial charge in [0.25, 0.3) is 0 Å². The fraction of sp³-hybridized carbons (Fsp3) is 0.0210. The molecule has 0 N–H and O–H groups in total. The van der Waals surface area contributed by atoms with Gasteiger partial charge in [0.2, 0.25) is 0 Å². The van der Waals surface area contributed by atoms with E-state index in [0.717, 1.165) is 95.8 Å². The third-order valence-electron chi connectivity index (χ3n) is 31.3. The average molecular weight is 1890 g/mol. The summed E-state index contributed by atoms with van der Waals surface area (Å²) in [6, 6.07) is 183. The molecule has 32 rings (SSSR count). The first kappa shape index (κ1) is 86.3. The highest BCUT2D eigenvalue weighted by Gasteiger charge is 2.36. The molecule has 0 unspecified atom stereocenters. The second kappa shape index (κ2) is 35.0. The molecule has 2 aliphatic carbocycles. The lowest BCUT2D eigenvalue weighted by atomic mass is 9.70. The molecule has 0 atom stereocenters. The number of para-hydroxylation sites is 1. The van der Waals surface area contributed by atoms with E-state index in [4.69, 9.17) is 29.9 Å². The molecule has 2 aliphatic rings. The lowest BCUT2D eigenvalue weighted by molar-refractivity contribution is 0.644. The van der Waals surface area contributed by atoms with Crippen LogP contribution < -0.4 is 0 Å². The van der Waals surface area contributed by atoms with Gasteiger partial charge in [0, 0.05) is 71.6 Å². The van der Waals surface area contributed by atoms with Gasteiger partial charge in [0.15, 0.2) is 11.6 Å². The van der Waals surface area contributed by atoms with Crippen LogP contribution in [0.1, 0.15) is 25.0 Å². The summed E-state index contributed by atoms with van der Waals surface area (Å²) in [6.45, 7) is 4.60. The summed E-state index contributed by atoms with van der Waals surface area (Å²) in [7, 11) is 0. The first-order valence-corrected chi connectivity index (χ1v) is 51.2. The number of nitrogens with zero attached hydrogens (tertiary/aromatic N) is 6. The third kappa shape index (κ3) is 14.6. The summed E-state index contributed by atoms with van der Waals surface area (Å²) in [5.74, 6) is 1.52. The van der Waals surface area contributed by atoms with E-state index >= 15 is 0 Å². The van der Waals surface area contributed by atoms with Crippen molar-refractivity contribution in [2.24, 2.45) is 0 Å². The highest BCUT2D eigenvalue weighted by atomic mass is 14.9. The largest absolute Gasteiger partial charge is 0.248 e. The van der Waals surface area contributed by atoms with Gasteiger partial charge < -0.3 is 0 Å². The van der Waals surface area contributed by atoms with Crippen molar-refractivity contribution in [3.05, 3.63) is 521 Å². The minimum Gasteiger partial charge on any atom is -0.248 e. The second-order valence-corrected chi connectivity index (χ2v) is 40.1. The van der Waals surface area contributed by atoms with Gasteiger partial charge in [-0.1, -0.05) is 469 Å². The summed E-state index contributed by atoms with van der Waals surface area (Å²) in [5, 5.41) is 40.0. The van der Waals surface area contributed by atoms with Crippen molar-refractivity contribution in [2.45, 2.75) is 19.3 Å². The Morgan fingerprint density at radius 3 is 1.07 bits per heavy atom. The second-order valence-electron chi connectivity index (χ2n) is 40.1. The highest BCUT2D eigenvalue weighted by molar-refractivity contribution is 6.24. The zero-order valence-electron chi connectivity index (χ0n) is 81.7. The number of pyridine rings is 2. The van der Waals surface area contributed by atoms with Crippen LogP contribution in [0.15, 0.2) is 510 Å². The Balaban J connectivity index is 0.0000000936. The lowest BCUT2D eigenvalue weighted by Crippen LogP contribution is -2.24. The number of rotatable bonds is 7. The van der Waals surface area contributed by atoms with Gasteiger partial charge >= 0.3 is 0 Å². The van der Waals surface area contributed by atoms with Crippen LogP contribution in [0, 0.1) is 0 Å². The molecule has 692 valence electrons. The molecule has 0 radical (unpaired) electrons. The molecule has 0 saturated carbocycles. The maximum Gasteiger partial charge on any atom is 0.160 e. The van der Waals surface area contributed by atoms with Gasteiger partial charge in [-0.05, 0) is 239 Å². The van der Waals surface area contributed by atoms with Crippen LogP contribution in [0.25, 0.3) is 296 Å². The first-order chi connectivity index (χ1) is 73.6. The van der Waals surface area contributed by atoms with Crippen LogP contribution in [0.4, 0.5) is 0 Å². The first-order valence-electron chi connectivity index (χ1n) is 51.2. The zero-order chi connectivity index (χ0) is 98.5. The van der Waals surface area contributed by atoms with Crippen LogP contribution in [0.5, 0.6) is 0 Å². The molecule has 6 nitrogen and oxygen atoms in total. The van der Waals surface area contributed by atoms with Gasteiger partial charge in [-0.3, -0.25) is 0 Å². The van der Waals surface area contributed by atoms with Crippen molar-refractivity contribution in [3.63, 3.8) is 0 Å². The van der Waals surface area contributed by atoms with E-state index in [-0.39, 0.29) is 5.41 Å². The van der Waals surface area contributed by atoms with Crippen LogP contribution in [0.2, 0.25) is 0 Å². The fourth-order valence-electron chi connectivity index (χ4n) is 24.0. The molecule has 6 heteroatoms. The van der Waals surface area contributed by atoms with Crippen molar-refractivity contribution in [1.29, 1.82) is 0 Å². The standard InChI is InChI=1S/C38H22N2.C37H23N.C35H24N2.C33H21N/c1-2-9-26(10-3-1)36-35-31-14-6-11-25-12-7-15-32(34(25)31)37(35)40-38(39-36)27-17-16-24-19-20-29-28-13-5-4-8-23(28)18-21-30(29)33(24)22-27;1-2-9-27-21-28(15-13-24(27)7-1)35-23-37(38-36-12-6-5-11-33(35)36)29-16-14-26-18-19-31-30-10-4-3-8-25(30)17-20-32(31)34(26)22-29;1-35(2)29-11-6-5-10-27(29)33-32-30(35)12-7-13-31(32)36-34(37-33)23-15-14-22-17-18-25-24-9-4-3-8-21(24)16-19-26(25)28(22)20-23;1-2-9-24(10-3-1)32-21-25-11-5-7-13-28(25)33(34-32)26-15-14-23-17-18-29-27-12-6-4-8-22(27)16-19-30(29)31(23)20-26/h1-22H;1-23H;3-20H,1-2H3;1-21H. The van der Waals surface area contributed by atoms with Gasteiger partial charge in [0.1, 0.15) is 0 Å². The molecular weight excluding hydrogens is 1800 g/mol. The van der Waals surface area contributed by atoms with Crippen molar-refractivity contribution < 1.29 is 0 Å². The van der Waals surface area contributed by atoms with E-state index in [1.807, 2.05) is 6.07 Å². The summed E-state index contributed by atoms with van der Waals surface area (Å²) in [4.78, 5) is 31.2. The zero-order valence-corrected chi connectivity index (χ0v) is 81.7. The molecule has 0 bridgehead atoms. The Hall–Kier alpha value is -19.4. The SMILES string of the molecule is CC1(C)c2ccccc2-c2nc(-c3ccc4ccc5c6ccccc6ccc5c4c3)nc3cccc1c23.c1ccc(-c2cc3ccccc3c(-c3ccc4ccc5c6ccccc6ccc5c4c3)n2)cc1.c1ccc(-c2nc(-c3ccc4ccc5c6ccccc6ccc5c4c3)nc3c2-c2cccc4cccc-3c24)cc1.c1ccc2cc(-c3cc(-c4ccc5ccc6c7ccccc7ccc6c5c4)nc4ccccc34)ccc2c1. The molecule has 0 saturated heterocycles. The Bertz CT molecular complexity index is 10900. The normalized spacial score (nSPS) is 12.3. The predicted molar refractivity (Wildman–Crippen MR) is 630 cm³/mol. The molecule has 0 amide bonds. The topological polar surface area (TPSA) is 77.3 Å². The number of hydrogen-bond donors (Lipinski definition) is 0. The summed E-state index contributed by atoms with van der Waals surface area (Å²) < 4.78 is 0. The van der Waals surface area contributed by atoms with Crippen LogP contribution in [-0.2, 0) is 5.41 Å². The van der Waals surface area contributed by atoms with Gasteiger partial charge in [-0.2, -0.15) is 0 Å². The number of hydrogen-bond acceptors (Lipinski definition) is 6. The molecule has 0 spiro atoms. The fourth-order valence-corrected chi connectivity index (χ4v) is 24.0. The maximum absolute atomic E-state index is 5.28. The third-order valence-corrected chi connectivity index (χ3v) is 31.3. The van der Waals surface area contributed by atoms with E-state index in [0.29, 0.717) is 0 Å². The summed E-state index contributed by atoms with van der Waals surface area (Å²) in [6.07, 6.45) is 0. The molecule has 149 heavy (non-hydrogen) atoms. The Kier molecular flexibility index (Phi) is 20.3. The van der Waals surface area contributed by atoms with E-state index in [1.165, 1.54) is 211 Å².